The molecule has 0 spiro atoms. The number of non-ortho nitro benzene ring substituents is 2. The van der Waals surface area contributed by atoms with E-state index in [0.29, 0.717) is 5.56 Å². The van der Waals surface area contributed by atoms with E-state index in [1.807, 2.05) is 0 Å². The fourth-order valence-corrected chi connectivity index (χ4v) is 2.02. The van der Waals surface area contributed by atoms with Crippen LogP contribution in [0.2, 0.25) is 0 Å². The van der Waals surface area contributed by atoms with Crippen molar-refractivity contribution in [1.82, 2.24) is 5.32 Å². The van der Waals surface area contributed by atoms with Crippen molar-refractivity contribution >= 4 is 28.9 Å². The first-order valence-corrected chi connectivity index (χ1v) is 6.89. The van der Waals surface area contributed by atoms with Crippen molar-refractivity contribution in [1.29, 1.82) is 0 Å². The van der Waals surface area contributed by atoms with Crippen molar-refractivity contribution < 1.29 is 19.4 Å². The minimum atomic E-state index is -0.823. The number of nitrogens with one attached hydrogen (secondary N) is 2. The predicted octanol–water partition coefficient (Wildman–Crippen LogP) is 2.11. The zero-order valence-electron chi connectivity index (χ0n) is 12.9. The van der Waals surface area contributed by atoms with Crippen molar-refractivity contribution in [3.05, 3.63) is 73.8 Å². The minimum Gasteiger partial charge on any atom is -0.355 e. The lowest BCUT2D eigenvalue weighted by Gasteiger charge is -2.07. The number of nitro groups is 2. The van der Waals surface area contributed by atoms with E-state index in [9.17, 15) is 29.8 Å². The highest BCUT2D eigenvalue weighted by atomic mass is 16.6. The summed E-state index contributed by atoms with van der Waals surface area (Å²) in [4.78, 5) is 43.9. The van der Waals surface area contributed by atoms with E-state index >= 15 is 0 Å². The van der Waals surface area contributed by atoms with E-state index in [0.717, 1.165) is 18.2 Å². The molecular weight excluding hydrogens is 332 g/mol. The Morgan fingerprint density at radius 2 is 1.48 bits per heavy atom. The smallest absolute Gasteiger partial charge is 0.277 e. The zero-order chi connectivity index (χ0) is 18.6. The Morgan fingerprint density at radius 1 is 0.880 bits per heavy atom. The normalized spacial score (nSPS) is 9.96. The first-order valence-electron chi connectivity index (χ1n) is 6.89. The second-order valence-electron chi connectivity index (χ2n) is 4.87. The van der Waals surface area contributed by atoms with Crippen molar-refractivity contribution in [2.24, 2.45) is 0 Å². The van der Waals surface area contributed by atoms with Gasteiger partial charge in [0.25, 0.3) is 23.2 Å². The molecule has 0 aliphatic carbocycles. The molecule has 0 radical (unpaired) electrons. The van der Waals surface area contributed by atoms with E-state index in [2.05, 4.69) is 10.6 Å². The highest BCUT2D eigenvalue weighted by molar-refractivity contribution is 6.05. The summed E-state index contributed by atoms with van der Waals surface area (Å²) in [5, 5.41) is 26.6. The molecule has 25 heavy (non-hydrogen) atoms. The molecule has 128 valence electrons. The lowest BCUT2D eigenvalue weighted by atomic mass is 10.1. The minimum absolute atomic E-state index is 0.244. The van der Waals surface area contributed by atoms with Gasteiger partial charge >= 0.3 is 0 Å². The summed E-state index contributed by atoms with van der Waals surface area (Å²) in [6.07, 6.45) is 0. The number of hydrogen-bond acceptors (Lipinski definition) is 6. The number of rotatable bonds is 5. The van der Waals surface area contributed by atoms with Crippen LogP contribution in [-0.2, 0) is 0 Å². The molecule has 0 saturated carbocycles. The van der Waals surface area contributed by atoms with Gasteiger partial charge < -0.3 is 10.6 Å². The summed E-state index contributed by atoms with van der Waals surface area (Å²) < 4.78 is 0. The van der Waals surface area contributed by atoms with E-state index in [-0.39, 0.29) is 17.2 Å². The van der Waals surface area contributed by atoms with Crippen LogP contribution in [0.1, 0.15) is 20.7 Å². The quantitative estimate of drug-likeness (QED) is 0.627. The molecular formula is C15H12N4O6. The molecule has 0 fully saturated rings. The standard InChI is InChI=1S/C15H12N4O6/c1-16-14(20)9-3-2-4-11(5-9)17-15(21)10-6-12(18(22)23)8-13(7-10)19(24)25/h2-8H,1H3,(H,16,20)(H,17,21). The molecule has 0 aromatic heterocycles. The molecule has 0 aliphatic heterocycles. The van der Waals surface area contributed by atoms with Crippen molar-refractivity contribution in [3.63, 3.8) is 0 Å². The molecule has 2 aromatic rings. The molecule has 2 rings (SSSR count). The Bertz CT molecular complexity index is 848. The van der Waals surface area contributed by atoms with Crippen LogP contribution in [0.3, 0.4) is 0 Å². The molecule has 0 bridgehead atoms. The van der Waals surface area contributed by atoms with Gasteiger partial charge in [-0.3, -0.25) is 29.8 Å². The topological polar surface area (TPSA) is 144 Å². The van der Waals surface area contributed by atoms with Gasteiger partial charge in [-0.25, -0.2) is 0 Å². The van der Waals surface area contributed by atoms with Crippen LogP contribution in [0.15, 0.2) is 42.5 Å². The maximum Gasteiger partial charge on any atom is 0.277 e. The second-order valence-corrected chi connectivity index (χ2v) is 4.87. The average Bonchev–Trinajstić information content (AvgIpc) is 2.60. The third-order valence-electron chi connectivity index (χ3n) is 3.20. The number of hydrogen-bond donors (Lipinski definition) is 2. The van der Waals surface area contributed by atoms with Crippen LogP contribution in [0.4, 0.5) is 17.1 Å². The number of carbonyl (C=O) groups is 2. The fourth-order valence-electron chi connectivity index (χ4n) is 2.02. The number of nitro benzene ring substituents is 2. The van der Waals surface area contributed by atoms with Gasteiger partial charge in [0, 0.05) is 30.4 Å². The van der Waals surface area contributed by atoms with Crippen LogP contribution in [0, 0.1) is 20.2 Å². The predicted molar refractivity (Wildman–Crippen MR) is 87.5 cm³/mol. The molecule has 0 heterocycles. The lowest BCUT2D eigenvalue weighted by molar-refractivity contribution is -0.394. The maximum atomic E-state index is 12.3. The SMILES string of the molecule is CNC(=O)c1cccc(NC(=O)c2cc([N+](=O)[O-])cc([N+](=O)[O-])c2)c1. The van der Waals surface area contributed by atoms with Crippen LogP contribution in [0.5, 0.6) is 0 Å². The summed E-state index contributed by atoms with van der Waals surface area (Å²) in [6.45, 7) is 0. The monoisotopic (exact) mass is 344 g/mol. The molecule has 2 aromatic carbocycles. The molecule has 0 aliphatic rings. The number of carbonyl (C=O) groups excluding carboxylic acids is 2. The number of amides is 2. The summed E-state index contributed by atoms with van der Waals surface area (Å²) in [7, 11) is 1.45. The third-order valence-corrected chi connectivity index (χ3v) is 3.20. The molecule has 2 amide bonds. The number of benzene rings is 2. The van der Waals surface area contributed by atoms with Crippen molar-refractivity contribution in [2.75, 3.05) is 12.4 Å². The van der Waals surface area contributed by atoms with Gasteiger partial charge in [0.2, 0.25) is 0 Å². The van der Waals surface area contributed by atoms with E-state index in [1.54, 1.807) is 0 Å². The fraction of sp³-hybridized carbons (Fsp3) is 0.0667. The zero-order valence-corrected chi connectivity index (χ0v) is 12.9. The van der Waals surface area contributed by atoms with E-state index < -0.39 is 27.1 Å². The number of anilines is 1. The van der Waals surface area contributed by atoms with Crippen LogP contribution < -0.4 is 10.6 Å². The Balaban J connectivity index is 2.33. The number of nitrogens with zero attached hydrogens (tertiary/aromatic N) is 2. The lowest BCUT2D eigenvalue weighted by Crippen LogP contribution is -2.18. The summed E-state index contributed by atoms with van der Waals surface area (Å²) in [6, 6.07) is 8.63. The highest BCUT2D eigenvalue weighted by Gasteiger charge is 2.20. The Morgan fingerprint density at radius 3 is 2.00 bits per heavy atom. The van der Waals surface area contributed by atoms with Gasteiger partial charge in [-0.05, 0) is 18.2 Å². The van der Waals surface area contributed by atoms with Gasteiger partial charge in [0.1, 0.15) is 0 Å². The molecule has 2 N–H and O–H groups in total. The largest absolute Gasteiger partial charge is 0.355 e. The van der Waals surface area contributed by atoms with Gasteiger partial charge in [-0.1, -0.05) is 6.07 Å². The maximum absolute atomic E-state index is 12.3. The molecule has 0 atom stereocenters. The van der Waals surface area contributed by atoms with Gasteiger partial charge in [0.15, 0.2) is 0 Å². The molecule has 10 heteroatoms. The molecule has 0 unspecified atom stereocenters. The highest BCUT2D eigenvalue weighted by Crippen LogP contribution is 2.23. The van der Waals surface area contributed by atoms with Gasteiger partial charge in [-0.15, -0.1) is 0 Å². The van der Waals surface area contributed by atoms with E-state index in [1.165, 1.54) is 31.3 Å². The third kappa shape index (κ3) is 4.13. The average molecular weight is 344 g/mol. The van der Waals surface area contributed by atoms with E-state index in [4.69, 9.17) is 0 Å². The van der Waals surface area contributed by atoms with Crippen molar-refractivity contribution in [2.45, 2.75) is 0 Å². The van der Waals surface area contributed by atoms with Crippen molar-refractivity contribution in [3.8, 4) is 0 Å². The Hall–Kier alpha value is -3.82. The van der Waals surface area contributed by atoms with Crippen LogP contribution in [-0.4, -0.2) is 28.7 Å². The Kier molecular flexibility index (Phi) is 5.03. The summed E-state index contributed by atoms with van der Waals surface area (Å²) >= 11 is 0. The van der Waals surface area contributed by atoms with Crippen LogP contribution in [0.25, 0.3) is 0 Å². The molecule has 0 saturated heterocycles. The first kappa shape index (κ1) is 17.5. The van der Waals surface area contributed by atoms with Crippen LogP contribution >= 0.6 is 0 Å². The summed E-state index contributed by atoms with van der Waals surface area (Å²) in [5.41, 5.74) is -0.825. The molecule has 10 nitrogen and oxygen atoms in total. The summed E-state index contributed by atoms with van der Waals surface area (Å²) in [5.74, 6) is -1.14. The first-order chi connectivity index (χ1) is 11.8. The van der Waals surface area contributed by atoms with Gasteiger partial charge in [0.05, 0.1) is 21.5 Å². The Labute approximate surface area is 140 Å². The van der Waals surface area contributed by atoms with Gasteiger partial charge in [-0.2, -0.15) is 0 Å². The second kappa shape index (κ2) is 7.17.